The predicted molar refractivity (Wildman–Crippen MR) is 121 cm³/mol. The minimum absolute atomic E-state index is 0.462. The van der Waals surface area contributed by atoms with Gasteiger partial charge in [0, 0.05) is 52.9 Å². The molecular formula is C24H24N4S. The van der Waals surface area contributed by atoms with Gasteiger partial charge in [-0.3, -0.25) is 4.90 Å². The number of benzene rings is 2. The average molecular weight is 401 g/mol. The second kappa shape index (κ2) is 8.31. The number of likely N-dealkylation sites (tertiary alicyclic amines) is 1. The van der Waals surface area contributed by atoms with Gasteiger partial charge in [0.1, 0.15) is 5.82 Å². The van der Waals surface area contributed by atoms with Gasteiger partial charge in [-0.05, 0) is 30.5 Å². The molecule has 4 aromatic rings. The molecule has 2 aromatic heterocycles. The zero-order valence-electron chi connectivity index (χ0n) is 16.3. The quantitative estimate of drug-likeness (QED) is 0.485. The van der Waals surface area contributed by atoms with Gasteiger partial charge in [-0.2, -0.15) is 0 Å². The van der Waals surface area contributed by atoms with Crippen molar-refractivity contribution in [3.63, 3.8) is 0 Å². The van der Waals surface area contributed by atoms with Gasteiger partial charge >= 0.3 is 0 Å². The van der Waals surface area contributed by atoms with Crippen molar-refractivity contribution in [1.82, 2.24) is 14.9 Å². The number of aromatic nitrogens is 2. The number of piperidine rings is 1. The van der Waals surface area contributed by atoms with E-state index >= 15 is 0 Å². The van der Waals surface area contributed by atoms with Crippen LogP contribution in [0.1, 0.15) is 18.4 Å². The van der Waals surface area contributed by atoms with E-state index in [2.05, 4.69) is 75.2 Å². The molecule has 5 rings (SSSR count). The normalized spacial score (nSPS) is 15.6. The van der Waals surface area contributed by atoms with Crippen LogP contribution in [0.25, 0.3) is 21.5 Å². The summed E-state index contributed by atoms with van der Waals surface area (Å²) in [5.41, 5.74) is 2.51. The van der Waals surface area contributed by atoms with Crippen molar-refractivity contribution in [2.45, 2.75) is 25.4 Å². The number of rotatable bonds is 5. The molecule has 0 unspecified atom stereocenters. The maximum absolute atomic E-state index is 4.82. The van der Waals surface area contributed by atoms with Crippen LogP contribution in [-0.2, 0) is 6.54 Å². The van der Waals surface area contributed by atoms with E-state index in [1.54, 1.807) is 11.3 Å². The first-order valence-electron chi connectivity index (χ1n) is 10.2. The van der Waals surface area contributed by atoms with Gasteiger partial charge in [0.15, 0.2) is 5.82 Å². The van der Waals surface area contributed by atoms with Crippen molar-refractivity contribution in [1.29, 1.82) is 0 Å². The highest BCUT2D eigenvalue weighted by molar-refractivity contribution is 7.17. The van der Waals surface area contributed by atoms with Gasteiger partial charge < -0.3 is 5.32 Å². The minimum Gasteiger partial charge on any atom is -0.367 e. The first kappa shape index (κ1) is 18.3. The lowest BCUT2D eigenvalue weighted by Gasteiger charge is -2.32. The minimum atomic E-state index is 0.462. The zero-order chi connectivity index (χ0) is 19.5. The standard InChI is InChI=1S/C24H24N4S/c1-2-6-18(7-3-1)16-28-14-11-19(12-15-28)26-23-10-13-25-24(27-23)21-17-29-22-9-5-4-8-20(21)22/h1-10,13,17,19H,11-12,14-16H2,(H,25,26,27). The lowest BCUT2D eigenvalue weighted by atomic mass is 10.0. The molecule has 1 fully saturated rings. The van der Waals surface area contributed by atoms with Gasteiger partial charge in [-0.25, -0.2) is 9.97 Å². The average Bonchev–Trinajstić information content (AvgIpc) is 3.20. The van der Waals surface area contributed by atoms with Crippen molar-refractivity contribution in [3.8, 4) is 11.4 Å². The monoisotopic (exact) mass is 400 g/mol. The molecule has 1 saturated heterocycles. The van der Waals surface area contributed by atoms with E-state index in [0.717, 1.165) is 49.7 Å². The Bertz CT molecular complexity index is 1080. The van der Waals surface area contributed by atoms with E-state index in [1.807, 2.05) is 12.3 Å². The highest BCUT2D eigenvalue weighted by Gasteiger charge is 2.20. The number of nitrogens with one attached hydrogen (secondary N) is 1. The molecule has 0 amide bonds. The molecule has 4 nitrogen and oxygen atoms in total. The molecular weight excluding hydrogens is 376 g/mol. The molecule has 0 bridgehead atoms. The van der Waals surface area contributed by atoms with Crippen molar-refractivity contribution in [2.24, 2.45) is 0 Å². The summed E-state index contributed by atoms with van der Waals surface area (Å²) < 4.78 is 1.27. The van der Waals surface area contributed by atoms with Crippen LogP contribution in [0, 0.1) is 0 Å². The molecule has 3 heterocycles. The molecule has 5 heteroatoms. The number of anilines is 1. The van der Waals surface area contributed by atoms with Crippen LogP contribution in [0.5, 0.6) is 0 Å². The van der Waals surface area contributed by atoms with Crippen molar-refractivity contribution in [2.75, 3.05) is 18.4 Å². The second-order valence-corrected chi connectivity index (χ2v) is 8.50. The molecule has 29 heavy (non-hydrogen) atoms. The molecule has 0 atom stereocenters. The molecule has 0 saturated carbocycles. The van der Waals surface area contributed by atoms with Gasteiger partial charge in [0.2, 0.25) is 0 Å². The van der Waals surface area contributed by atoms with E-state index in [-0.39, 0.29) is 0 Å². The number of fused-ring (bicyclic) bond motifs is 1. The van der Waals surface area contributed by atoms with Crippen LogP contribution >= 0.6 is 11.3 Å². The van der Waals surface area contributed by atoms with Crippen LogP contribution in [0.3, 0.4) is 0 Å². The highest BCUT2D eigenvalue weighted by Crippen LogP contribution is 2.32. The third-order valence-electron chi connectivity index (χ3n) is 5.57. The first-order valence-corrected chi connectivity index (χ1v) is 11.1. The summed E-state index contributed by atoms with van der Waals surface area (Å²) in [6, 6.07) is 21.6. The van der Waals surface area contributed by atoms with Crippen LogP contribution in [0.15, 0.2) is 72.2 Å². The van der Waals surface area contributed by atoms with Crippen LogP contribution in [0.4, 0.5) is 5.82 Å². The summed E-state index contributed by atoms with van der Waals surface area (Å²) >= 11 is 1.75. The fourth-order valence-electron chi connectivity index (χ4n) is 4.01. The Morgan fingerprint density at radius 3 is 2.62 bits per heavy atom. The van der Waals surface area contributed by atoms with E-state index < -0.39 is 0 Å². The van der Waals surface area contributed by atoms with Gasteiger partial charge in [-0.15, -0.1) is 11.3 Å². The number of hydrogen-bond donors (Lipinski definition) is 1. The van der Waals surface area contributed by atoms with E-state index in [0.29, 0.717) is 6.04 Å². The maximum Gasteiger partial charge on any atom is 0.162 e. The third kappa shape index (κ3) is 4.16. The Hall–Kier alpha value is -2.76. The van der Waals surface area contributed by atoms with Crippen molar-refractivity contribution in [3.05, 3.63) is 77.8 Å². The first-order chi connectivity index (χ1) is 14.3. The number of hydrogen-bond acceptors (Lipinski definition) is 5. The summed E-state index contributed by atoms with van der Waals surface area (Å²) in [7, 11) is 0. The Balaban J connectivity index is 1.23. The van der Waals surface area contributed by atoms with E-state index in [1.165, 1.54) is 15.6 Å². The second-order valence-electron chi connectivity index (χ2n) is 7.59. The SMILES string of the molecule is c1ccc(CN2CCC(Nc3ccnc(-c4csc5ccccc45)n3)CC2)cc1. The maximum atomic E-state index is 4.82. The Kier molecular flexibility index (Phi) is 5.24. The van der Waals surface area contributed by atoms with Gasteiger partial charge in [0.05, 0.1) is 0 Å². The van der Waals surface area contributed by atoms with Crippen LogP contribution in [0.2, 0.25) is 0 Å². The molecule has 1 aliphatic rings. The number of thiophene rings is 1. The lowest BCUT2D eigenvalue weighted by molar-refractivity contribution is 0.211. The van der Waals surface area contributed by atoms with E-state index in [4.69, 9.17) is 4.98 Å². The highest BCUT2D eigenvalue weighted by atomic mass is 32.1. The zero-order valence-corrected chi connectivity index (χ0v) is 17.1. The summed E-state index contributed by atoms with van der Waals surface area (Å²) in [6.45, 7) is 3.26. The largest absolute Gasteiger partial charge is 0.367 e. The summed E-state index contributed by atoms with van der Waals surface area (Å²) in [4.78, 5) is 11.9. The lowest BCUT2D eigenvalue weighted by Crippen LogP contribution is -2.38. The smallest absolute Gasteiger partial charge is 0.162 e. The Labute approximate surface area is 175 Å². The third-order valence-corrected chi connectivity index (χ3v) is 6.53. The molecule has 146 valence electrons. The van der Waals surface area contributed by atoms with Crippen LogP contribution < -0.4 is 5.32 Å². The van der Waals surface area contributed by atoms with E-state index in [9.17, 15) is 0 Å². The molecule has 0 radical (unpaired) electrons. The summed E-state index contributed by atoms with van der Waals surface area (Å²) in [5.74, 6) is 1.72. The van der Waals surface area contributed by atoms with Gasteiger partial charge in [0.25, 0.3) is 0 Å². The fraction of sp³-hybridized carbons (Fsp3) is 0.250. The summed E-state index contributed by atoms with van der Waals surface area (Å²) in [6.07, 6.45) is 4.13. The summed E-state index contributed by atoms with van der Waals surface area (Å²) in [5, 5.41) is 7.03. The molecule has 0 aliphatic carbocycles. The molecule has 1 N–H and O–H groups in total. The Morgan fingerprint density at radius 2 is 1.76 bits per heavy atom. The molecule has 0 spiro atoms. The van der Waals surface area contributed by atoms with Crippen molar-refractivity contribution < 1.29 is 0 Å². The molecule has 1 aliphatic heterocycles. The number of nitrogens with zero attached hydrogens (tertiary/aromatic N) is 3. The topological polar surface area (TPSA) is 41.0 Å². The predicted octanol–water partition coefficient (Wildman–Crippen LogP) is 5.43. The van der Waals surface area contributed by atoms with Crippen LogP contribution in [-0.4, -0.2) is 34.0 Å². The van der Waals surface area contributed by atoms with Gasteiger partial charge in [-0.1, -0.05) is 48.5 Å². The van der Waals surface area contributed by atoms with Crippen molar-refractivity contribution >= 4 is 27.2 Å². The Morgan fingerprint density at radius 1 is 0.966 bits per heavy atom. The fourth-order valence-corrected chi connectivity index (χ4v) is 4.95. The molecule has 2 aromatic carbocycles.